The van der Waals surface area contributed by atoms with E-state index in [0.717, 1.165) is 0 Å². The van der Waals surface area contributed by atoms with Crippen molar-refractivity contribution >= 4 is 7.60 Å². The van der Waals surface area contributed by atoms with E-state index in [4.69, 9.17) is 20.6 Å². The van der Waals surface area contributed by atoms with Crippen molar-refractivity contribution in [1.29, 1.82) is 0 Å². The zero-order valence-corrected chi connectivity index (χ0v) is 8.26. The molecule has 0 amide bonds. The lowest BCUT2D eigenvalue weighted by Gasteiger charge is -2.28. The molecule has 0 fully saturated rings. The number of rotatable bonds is 3. The van der Waals surface area contributed by atoms with Crippen LogP contribution in [0.1, 0.15) is 5.56 Å². The van der Waals surface area contributed by atoms with Crippen LogP contribution in [0.15, 0.2) is 30.3 Å². The molecule has 6 heteroatoms. The largest absolute Gasteiger partial charge is 0.393 e. The third-order valence-corrected chi connectivity index (χ3v) is 3.47. The molecule has 0 aromatic heterocycles. The predicted octanol–water partition coefficient (Wildman–Crippen LogP) is -0.0319. The van der Waals surface area contributed by atoms with Gasteiger partial charge in [0.1, 0.15) is 0 Å². The fourth-order valence-electron chi connectivity index (χ4n) is 1.08. The molecule has 0 bridgehead atoms. The summed E-state index contributed by atoms with van der Waals surface area (Å²) in [6.45, 7) is -0.804. The summed E-state index contributed by atoms with van der Waals surface area (Å²) in [6, 6.07) is 7.83. The fourth-order valence-corrected chi connectivity index (χ4v) is 1.75. The molecule has 0 heterocycles. The normalized spacial score (nSPS) is 16.3. The molecule has 0 aliphatic rings. The Hall–Kier alpha value is -0.710. The van der Waals surface area contributed by atoms with E-state index >= 15 is 0 Å². The number of aliphatic hydroxyl groups excluding tert-OH is 1. The highest BCUT2D eigenvalue weighted by Crippen LogP contribution is 2.52. The average molecular weight is 217 g/mol. The highest BCUT2D eigenvalue weighted by Gasteiger charge is 2.44. The lowest BCUT2D eigenvalue weighted by Crippen LogP contribution is -2.40. The Balaban J connectivity index is 3.23. The highest BCUT2D eigenvalue weighted by molar-refractivity contribution is 7.53. The standard InChI is InChI=1S/C8H12NO4P/c9-8(6-10,14(11,12)13)7-4-2-1-3-5-7/h1-5,10H,6,9H2,(H2,11,12,13). The highest BCUT2D eigenvalue weighted by atomic mass is 31.2. The van der Waals surface area contributed by atoms with Gasteiger partial charge in [0.05, 0.1) is 6.61 Å². The Morgan fingerprint density at radius 1 is 1.29 bits per heavy atom. The molecule has 0 saturated carbocycles. The Kier molecular flexibility index (Phi) is 3.09. The van der Waals surface area contributed by atoms with Crippen LogP contribution in [0.25, 0.3) is 0 Å². The maximum atomic E-state index is 11.1. The van der Waals surface area contributed by atoms with Crippen molar-refractivity contribution in [2.45, 2.75) is 5.28 Å². The van der Waals surface area contributed by atoms with Gasteiger partial charge in [-0.1, -0.05) is 30.3 Å². The minimum absolute atomic E-state index is 0.218. The van der Waals surface area contributed by atoms with E-state index in [2.05, 4.69) is 0 Å². The summed E-state index contributed by atoms with van der Waals surface area (Å²) in [4.78, 5) is 18.0. The first-order valence-corrected chi connectivity index (χ1v) is 5.54. The molecular formula is C8H12NO4P. The number of hydrogen-bond donors (Lipinski definition) is 4. The minimum Gasteiger partial charge on any atom is -0.393 e. The smallest absolute Gasteiger partial charge is 0.352 e. The lowest BCUT2D eigenvalue weighted by atomic mass is 10.1. The third-order valence-electron chi connectivity index (χ3n) is 2.03. The topological polar surface area (TPSA) is 104 Å². The summed E-state index contributed by atoms with van der Waals surface area (Å²) >= 11 is 0. The maximum absolute atomic E-state index is 11.1. The van der Waals surface area contributed by atoms with Crippen LogP contribution in [0.3, 0.4) is 0 Å². The fraction of sp³-hybridized carbons (Fsp3) is 0.250. The monoisotopic (exact) mass is 217 g/mol. The summed E-state index contributed by atoms with van der Waals surface area (Å²) in [6.07, 6.45) is 0. The van der Waals surface area contributed by atoms with Gasteiger partial charge in [0.25, 0.3) is 0 Å². The van der Waals surface area contributed by atoms with Crippen molar-refractivity contribution in [1.82, 2.24) is 0 Å². The van der Waals surface area contributed by atoms with Crippen molar-refractivity contribution in [3.63, 3.8) is 0 Å². The van der Waals surface area contributed by atoms with Gasteiger partial charge in [0, 0.05) is 0 Å². The van der Waals surface area contributed by atoms with Crippen molar-refractivity contribution in [3.05, 3.63) is 35.9 Å². The molecule has 0 spiro atoms. The number of nitrogens with two attached hydrogens (primary N) is 1. The van der Waals surface area contributed by atoms with Gasteiger partial charge in [-0.25, -0.2) is 0 Å². The van der Waals surface area contributed by atoms with E-state index in [9.17, 15) is 4.57 Å². The Morgan fingerprint density at radius 2 is 1.79 bits per heavy atom. The number of aliphatic hydroxyl groups is 1. The third kappa shape index (κ3) is 1.87. The van der Waals surface area contributed by atoms with Crippen LogP contribution in [0.2, 0.25) is 0 Å². The molecule has 14 heavy (non-hydrogen) atoms. The van der Waals surface area contributed by atoms with Gasteiger partial charge in [0.15, 0.2) is 5.28 Å². The van der Waals surface area contributed by atoms with E-state index in [-0.39, 0.29) is 5.56 Å². The molecule has 5 nitrogen and oxygen atoms in total. The second-order valence-corrected chi connectivity index (χ2v) is 4.88. The van der Waals surface area contributed by atoms with E-state index in [1.807, 2.05) is 0 Å². The lowest BCUT2D eigenvalue weighted by molar-refractivity contribution is 0.213. The first kappa shape index (κ1) is 11.4. The number of hydrogen-bond acceptors (Lipinski definition) is 3. The van der Waals surface area contributed by atoms with Crippen molar-refractivity contribution in [2.24, 2.45) is 5.73 Å². The summed E-state index contributed by atoms with van der Waals surface area (Å²) in [5.41, 5.74) is 5.70. The predicted molar refractivity (Wildman–Crippen MR) is 51.4 cm³/mol. The second-order valence-electron chi connectivity index (χ2n) is 2.99. The summed E-state index contributed by atoms with van der Waals surface area (Å²) in [5, 5.41) is 6.95. The van der Waals surface area contributed by atoms with Crippen LogP contribution in [0.4, 0.5) is 0 Å². The van der Waals surface area contributed by atoms with Crippen LogP contribution in [-0.2, 0) is 9.85 Å². The van der Waals surface area contributed by atoms with E-state index in [0.29, 0.717) is 0 Å². The van der Waals surface area contributed by atoms with Gasteiger partial charge in [-0.05, 0) is 5.56 Å². The molecule has 1 aromatic carbocycles. The summed E-state index contributed by atoms with van der Waals surface area (Å²) in [7, 11) is -4.58. The van der Waals surface area contributed by atoms with Crippen LogP contribution in [0.5, 0.6) is 0 Å². The summed E-state index contributed by atoms with van der Waals surface area (Å²) < 4.78 is 11.1. The van der Waals surface area contributed by atoms with Crippen LogP contribution in [-0.4, -0.2) is 21.5 Å². The van der Waals surface area contributed by atoms with E-state index < -0.39 is 19.5 Å². The molecule has 1 atom stereocenters. The van der Waals surface area contributed by atoms with Crippen LogP contribution < -0.4 is 5.73 Å². The zero-order chi connectivity index (χ0) is 10.8. The molecule has 1 rings (SSSR count). The molecule has 0 radical (unpaired) electrons. The van der Waals surface area contributed by atoms with Gasteiger partial charge in [-0.15, -0.1) is 0 Å². The minimum atomic E-state index is -4.58. The molecule has 1 unspecified atom stereocenters. The first-order chi connectivity index (χ1) is 6.42. The molecule has 1 aromatic rings. The van der Waals surface area contributed by atoms with Gasteiger partial charge in [0.2, 0.25) is 0 Å². The van der Waals surface area contributed by atoms with Gasteiger partial charge in [-0.3, -0.25) is 4.57 Å². The molecule has 78 valence electrons. The molecule has 0 aliphatic carbocycles. The first-order valence-electron chi connectivity index (χ1n) is 3.93. The Labute approximate surface area is 81.3 Å². The quantitative estimate of drug-likeness (QED) is 0.532. The molecule has 5 N–H and O–H groups in total. The van der Waals surface area contributed by atoms with E-state index in [1.54, 1.807) is 18.2 Å². The molecule has 0 aliphatic heterocycles. The number of benzene rings is 1. The Morgan fingerprint density at radius 3 is 2.14 bits per heavy atom. The maximum Gasteiger partial charge on any atom is 0.352 e. The van der Waals surface area contributed by atoms with Crippen LogP contribution >= 0.6 is 7.60 Å². The van der Waals surface area contributed by atoms with Crippen molar-refractivity contribution in [2.75, 3.05) is 6.61 Å². The average Bonchev–Trinajstić information content (AvgIpc) is 2.16. The second kappa shape index (κ2) is 3.81. The van der Waals surface area contributed by atoms with E-state index in [1.165, 1.54) is 12.1 Å². The van der Waals surface area contributed by atoms with Gasteiger partial charge in [-0.2, -0.15) is 0 Å². The molecular weight excluding hydrogens is 205 g/mol. The van der Waals surface area contributed by atoms with Crippen molar-refractivity contribution in [3.8, 4) is 0 Å². The molecule has 0 saturated heterocycles. The SMILES string of the molecule is NC(CO)(c1ccccc1)P(=O)(O)O. The van der Waals surface area contributed by atoms with Crippen molar-refractivity contribution < 1.29 is 19.5 Å². The zero-order valence-electron chi connectivity index (χ0n) is 7.37. The van der Waals surface area contributed by atoms with Crippen LogP contribution in [0, 0.1) is 0 Å². The Bertz CT molecular complexity index is 350. The van der Waals surface area contributed by atoms with Gasteiger partial charge >= 0.3 is 7.60 Å². The summed E-state index contributed by atoms with van der Waals surface area (Å²) in [5.74, 6) is 0. The van der Waals surface area contributed by atoms with Gasteiger partial charge < -0.3 is 20.6 Å².